The fourth-order valence-corrected chi connectivity index (χ4v) is 1.83. The summed E-state index contributed by atoms with van der Waals surface area (Å²) in [4.78, 5) is 26.3. The van der Waals surface area contributed by atoms with Gasteiger partial charge in [-0.05, 0) is 27.7 Å². The molecular weight excluding hydrogens is 270 g/mol. The Kier molecular flexibility index (Phi) is 5.69. The van der Waals surface area contributed by atoms with E-state index in [9.17, 15) is 4.79 Å². The molecule has 0 radical (unpaired) electrons. The molecular formula is C13H25N7O. The van der Waals surface area contributed by atoms with Crippen molar-refractivity contribution in [2.45, 2.75) is 27.7 Å². The molecule has 1 aromatic rings. The number of rotatable bonds is 7. The number of nitrogens with zero attached hydrogens (tertiary/aromatic N) is 4. The number of carbonyl (C=O) groups excluding carboxylic acids is 1. The quantitative estimate of drug-likeness (QED) is 0.671. The molecule has 0 saturated heterocycles. The number of aromatic nitrogens is 3. The molecule has 118 valence electrons. The first-order valence-corrected chi connectivity index (χ1v) is 7.06. The maximum absolute atomic E-state index is 11.8. The molecule has 0 bridgehead atoms. The zero-order chi connectivity index (χ0) is 16.0. The molecule has 0 unspecified atom stereocenters. The van der Waals surface area contributed by atoms with Gasteiger partial charge in [-0.2, -0.15) is 15.0 Å². The molecule has 0 aliphatic rings. The maximum atomic E-state index is 11.8. The molecule has 8 heteroatoms. The van der Waals surface area contributed by atoms with E-state index in [1.807, 2.05) is 32.6 Å². The van der Waals surface area contributed by atoms with Crippen LogP contribution in [0.25, 0.3) is 0 Å². The lowest BCUT2D eigenvalue weighted by Crippen LogP contribution is -2.39. The third-order valence-electron chi connectivity index (χ3n) is 3.22. The minimum absolute atomic E-state index is 0.0546. The Morgan fingerprint density at radius 2 is 1.86 bits per heavy atom. The third kappa shape index (κ3) is 4.44. The van der Waals surface area contributed by atoms with E-state index in [1.165, 1.54) is 0 Å². The van der Waals surface area contributed by atoms with Gasteiger partial charge in [-0.1, -0.05) is 0 Å². The van der Waals surface area contributed by atoms with E-state index >= 15 is 0 Å². The number of anilines is 3. The molecule has 1 amide bonds. The van der Waals surface area contributed by atoms with Gasteiger partial charge in [-0.25, -0.2) is 0 Å². The first kappa shape index (κ1) is 16.9. The Hall–Kier alpha value is -2.12. The first-order chi connectivity index (χ1) is 9.83. The van der Waals surface area contributed by atoms with Gasteiger partial charge < -0.3 is 21.3 Å². The molecule has 1 aromatic heterocycles. The summed E-state index contributed by atoms with van der Waals surface area (Å²) >= 11 is 0. The van der Waals surface area contributed by atoms with Gasteiger partial charge in [-0.3, -0.25) is 4.79 Å². The summed E-state index contributed by atoms with van der Waals surface area (Å²) in [5.74, 6) is 1.02. The van der Waals surface area contributed by atoms with Crippen molar-refractivity contribution in [2.24, 2.45) is 5.41 Å². The fourth-order valence-electron chi connectivity index (χ4n) is 1.83. The van der Waals surface area contributed by atoms with Crippen LogP contribution in [0.1, 0.15) is 27.7 Å². The highest BCUT2D eigenvalue weighted by atomic mass is 16.2. The average molecular weight is 295 g/mol. The Morgan fingerprint density at radius 3 is 2.38 bits per heavy atom. The Labute approximate surface area is 125 Å². The summed E-state index contributed by atoms with van der Waals surface area (Å²) in [6, 6.07) is 0. The molecule has 8 nitrogen and oxygen atoms in total. The van der Waals surface area contributed by atoms with Crippen molar-refractivity contribution in [3.8, 4) is 0 Å². The Bertz CT molecular complexity index is 485. The van der Waals surface area contributed by atoms with Crippen molar-refractivity contribution >= 4 is 23.8 Å². The molecule has 0 saturated carbocycles. The summed E-state index contributed by atoms with van der Waals surface area (Å²) < 4.78 is 0. The molecule has 0 aromatic carbocycles. The van der Waals surface area contributed by atoms with Crippen LogP contribution < -0.4 is 21.3 Å². The molecule has 4 N–H and O–H groups in total. The predicted molar refractivity (Wildman–Crippen MR) is 84.1 cm³/mol. The minimum atomic E-state index is -0.578. The highest BCUT2D eigenvalue weighted by Crippen LogP contribution is 2.17. The highest BCUT2D eigenvalue weighted by Gasteiger charge is 2.26. The van der Waals surface area contributed by atoms with Crippen LogP contribution in [-0.2, 0) is 4.79 Å². The second-order valence-electron chi connectivity index (χ2n) is 5.31. The lowest BCUT2D eigenvalue weighted by atomic mass is 9.92. The molecule has 0 atom stereocenters. The van der Waals surface area contributed by atoms with E-state index in [0.717, 1.165) is 13.1 Å². The lowest BCUT2D eigenvalue weighted by molar-refractivity contribution is -0.128. The topological polar surface area (TPSA) is 109 Å². The van der Waals surface area contributed by atoms with E-state index in [1.54, 1.807) is 7.05 Å². The van der Waals surface area contributed by atoms with Crippen LogP contribution >= 0.6 is 0 Å². The van der Waals surface area contributed by atoms with E-state index in [0.29, 0.717) is 18.4 Å². The van der Waals surface area contributed by atoms with Crippen molar-refractivity contribution < 1.29 is 4.79 Å². The normalized spacial score (nSPS) is 11.1. The number of nitrogens with one attached hydrogen (secondary N) is 2. The van der Waals surface area contributed by atoms with Crippen LogP contribution in [-0.4, -0.2) is 47.5 Å². The molecule has 1 heterocycles. The summed E-state index contributed by atoms with van der Waals surface area (Å²) in [5, 5.41) is 5.69. The summed E-state index contributed by atoms with van der Waals surface area (Å²) in [6.45, 7) is 9.68. The Morgan fingerprint density at radius 1 is 1.24 bits per heavy atom. The molecule has 21 heavy (non-hydrogen) atoms. The van der Waals surface area contributed by atoms with Crippen molar-refractivity contribution in [3.05, 3.63) is 0 Å². The summed E-state index contributed by atoms with van der Waals surface area (Å²) in [7, 11) is 1.61. The van der Waals surface area contributed by atoms with E-state index in [4.69, 9.17) is 5.73 Å². The molecule has 0 aliphatic heterocycles. The summed E-state index contributed by atoms with van der Waals surface area (Å²) in [5.41, 5.74) is 5.15. The van der Waals surface area contributed by atoms with Crippen LogP contribution in [0.15, 0.2) is 0 Å². The smallest absolute Gasteiger partial charge is 0.231 e. The van der Waals surface area contributed by atoms with Gasteiger partial charge in [0.05, 0.1) is 5.41 Å². The standard InChI is InChI=1S/C13H25N7O/c1-6-20(7-2)12-18-10(14)17-11(19-12)16-8-13(3,4)9(21)15-5/h6-8H2,1-5H3,(H,15,21)(H3,14,16,17,18,19). The SMILES string of the molecule is CCN(CC)c1nc(N)nc(NCC(C)(C)C(=O)NC)n1. The number of hydrogen-bond acceptors (Lipinski definition) is 7. The second-order valence-corrected chi connectivity index (χ2v) is 5.31. The van der Waals surface area contributed by atoms with Gasteiger partial charge >= 0.3 is 0 Å². The third-order valence-corrected chi connectivity index (χ3v) is 3.22. The number of nitrogens with two attached hydrogens (primary N) is 1. The minimum Gasteiger partial charge on any atom is -0.368 e. The van der Waals surface area contributed by atoms with E-state index < -0.39 is 5.41 Å². The largest absolute Gasteiger partial charge is 0.368 e. The second kappa shape index (κ2) is 7.05. The van der Waals surface area contributed by atoms with E-state index in [-0.39, 0.29) is 11.9 Å². The maximum Gasteiger partial charge on any atom is 0.231 e. The fraction of sp³-hybridized carbons (Fsp3) is 0.692. The van der Waals surface area contributed by atoms with Gasteiger partial charge in [0, 0.05) is 26.7 Å². The van der Waals surface area contributed by atoms with Crippen LogP contribution in [0.3, 0.4) is 0 Å². The molecule has 1 rings (SSSR count). The highest BCUT2D eigenvalue weighted by molar-refractivity contribution is 5.82. The monoisotopic (exact) mass is 295 g/mol. The number of nitrogen functional groups attached to an aromatic ring is 1. The van der Waals surface area contributed by atoms with Gasteiger partial charge in [0.2, 0.25) is 23.8 Å². The van der Waals surface area contributed by atoms with Crippen molar-refractivity contribution in [1.29, 1.82) is 0 Å². The van der Waals surface area contributed by atoms with Crippen LogP contribution in [0.2, 0.25) is 0 Å². The number of amides is 1. The Balaban J connectivity index is 2.87. The number of carbonyl (C=O) groups is 1. The zero-order valence-corrected chi connectivity index (χ0v) is 13.4. The average Bonchev–Trinajstić information content (AvgIpc) is 2.45. The molecule has 0 fully saturated rings. The molecule has 0 aliphatic carbocycles. The van der Waals surface area contributed by atoms with E-state index in [2.05, 4.69) is 25.6 Å². The molecule has 0 spiro atoms. The number of hydrogen-bond donors (Lipinski definition) is 3. The van der Waals surface area contributed by atoms with Gasteiger partial charge in [0.1, 0.15) is 0 Å². The van der Waals surface area contributed by atoms with Crippen molar-refractivity contribution in [2.75, 3.05) is 42.6 Å². The lowest BCUT2D eigenvalue weighted by Gasteiger charge is -2.23. The summed E-state index contributed by atoms with van der Waals surface area (Å²) in [6.07, 6.45) is 0. The van der Waals surface area contributed by atoms with Crippen LogP contribution in [0.4, 0.5) is 17.8 Å². The van der Waals surface area contributed by atoms with Crippen molar-refractivity contribution in [1.82, 2.24) is 20.3 Å². The van der Waals surface area contributed by atoms with Crippen LogP contribution in [0.5, 0.6) is 0 Å². The predicted octanol–water partition coefficient (Wildman–Crippen LogP) is 0.484. The van der Waals surface area contributed by atoms with Crippen molar-refractivity contribution in [3.63, 3.8) is 0 Å². The zero-order valence-electron chi connectivity index (χ0n) is 13.4. The van der Waals surface area contributed by atoms with Gasteiger partial charge in [-0.15, -0.1) is 0 Å². The first-order valence-electron chi connectivity index (χ1n) is 7.06. The van der Waals surface area contributed by atoms with Crippen LogP contribution in [0, 0.1) is 5.41 Å². The van der Waals surface area contributed by atoms with Gasteiger partial charge in [0.15, 0.2) is 0 Å². The van der Waals surface area contributed by atoms with Gasteiger partial charge in [0.25, 0.3) is 0 Å².